The first-order valence-electron chi connectivity index (χ1n) is 4.63. The van der Waals surface area contributed by atoms with Crippen LogP contribution in [0.4, 0.5) is 0 Å². The molecule has 0 saturated carbocycles. The molecule has 2 aliphatic carbocycles. The minimum atomic E-state index is 0. The summed E-state index contributed by atoms with van der Waals surface area (Å²) in [5.41, 5.74) is 2.82. The van der Waals surface area contributed by atoms with Gasteiger partial charge < -0.3 is 14.9 Å². The summed E-state index contributed by atoms with van der Waals surface area (Å²) in [6.45, 7) is 7.42. The second kappa shape index (κ2) is 8.20. The van der Waals surface area contributed by atoms with Crippen molar-refractivity contribution in [2.24, 2.45) is 5.41 Å². The van der Waals surface area contributed by atoms with E-state index in [-0.39, 0.29) is 20.3 Å². The third kappa shape index (κ3) is 4.93. The molecule has 86 valence electrons. The van der Waals surface area contributed by atoms with E-state index in [9.17, 15) is 0 Å². The molecule has 0 aromatic carbocycles. The average Bonchev–Trinajstić information content (AvgIpc) is 2.76. The Morgan fingerprint density at radius 1 is 1.31 bits per heavy atom. The molecule has 0 nitrogen and oxygen atoms in total. The zero-order valence-corrected chi connectivity index (χ0v) is 14.1. The summed E-state index contributed by atoms with van der Waals surface area (Å²) in [5.74, 6) is 0. The van der Waals surface area contributed by atoms with Crippen LogP contribution in [0.5, 0.6) is 0 Å². The molecule has 2 radical (unpaired) electrons. The SMILES string of the molecule is CC1(C)[C-]=C(C2=CC=CC2)C=C1.[CH3-].[CH3-].[Si]=[Zr]. The van der Waals surface area contributed by atoms with Gasteiger partial charge in [0.1, 0.15) is 0 Å². The molecule has 0 aromatic rings. The first-order chi connectivity index (χ1) is 6.67. The molecule has 0 amide bonds. The standard InChI is InChI=1S/C12H13.2CH3.Si.Zr/c1-12(2)8-7-11(9-12)10-5-3-4-6-10;;;;/h3-5,7-8H,6H2,1-2H3;2*1H3;;/q3*-1;;. The monoisotopic (exact) mass is 305 g/mol. The van der Waals surface area contributed by atoms with E-state index >= 15 is 0 Å². The molecule has 0 aliphatic heterocycles. The molecule has 2 aliphatic rings. The first kappa shape index (κ1) is 18.4. The summed E-state index contributed by atoms with van der Waals surface area (Å²) in [5, 5.41) is 0. The molecule has 0 heterocycles. The van der Waals surface area contributed by atoms with Crippen LogP contribution in [0.2, 0.25) is 0 Å². The third-order valence-corrected chi connectivity index (χ3v) is 2.24. The van der Waals surface area contributed by atoms with Gasteiger partial charge in [0.15, 0.2) is 0 Å². The molecular weight excluding hydrogens is 287 g/mol. The molecule has 0 N–H and O–H groups in total. The van der Waals surface area contributed by atoms with Gasteiger partial charge in [-0.1, -0.05) is 37.8 Å². The molecule has 0 fully saturated rings. The number of allylic oxidation sites excluding steroid dienone is 8. The fourth-order valence-corrected chi connectivity index (χ4v) is 1.56. The molecule has 0 spiro atoms. The molecule has 2 rings (SSSR count). The van der Waals surface area contributed by atoms with Crippen LogP contribution in [0.25, 0.3) is 0 Å². The van der Waals surface area contributed by atoms with Crippen molar-refractivity contribution in [1.82, 2.24) is 0 Å². The van der Waals surface area contributed by atoms with E-state index in [0.717, 1.165) is 6.42 Å². The summed E-state index contributed by atoms with van der Waals surface area (Å²) < 4.78 is 0. The first-order valence-corrected chi connectivity index (χ1v) is 8.81. The van der Waals surface area contributed by atoms with Crippen molar-refractivity contribution in [2.45, 2.75) is 20.3 Å². The molecule has 0 unspecified atom stereocenters. The van der Waals surface area contributed by atoms with E-state index in [4.69, 9.17) is 0 Å². The molecule has 16 heavy (non-hydrogen) atoms. The van der Waals surface area contributed by atoms with Gasteiger partial charge in [0, 0.05) is 0 Å². The second-order valence-corrected chi connectivity index (χ2v) is 3.92. The van der Waals surface area contributed by atoms with Crippen LogP contribution in [0.3, 0.4) is 0 Å². The number of rotatable bonds is 1. The Balaban J connectivity index is 0. The van der Waals surface area contributed by atoms with Crippen molar-refractivity contribution in [2.75, 3.05) is 0 Å². The van der Waals surface area contributed by atoms with Crippen molar-refractivity contribution in [1.29, 1.82) is 0 Å². The summed E-state index contributed by atoms with van der Waals surface area (Å²) in [7, 11) is 0. The van der Waals surface area contributed by atoms with E-state index in [1.54, 1.807) is 0 Å². The summed E-state index contributed by atoms with van der Waals surface area (Å²) >= 11 is 1.36. The van der Waals surface area contributed by atoms with Crippen LogP contribution in [-0.2, 0) is 23.3 Å². The van der Waals surface area contributed by atoms with Crippen LogP contribution in [0, 0.1) is 26.3 Å². The van der Waals surface area contributed by atoms with Gasteiger partial charge in [-0.15, -0.1) is 17.7 Å². The van der Waals surface area contributed by atoms with Crippen molar-refractivity contribution < 1.29 is 23.3 Å². The van der Waals surface area contributed by atoms with Crippen LogP contribution >= 0.6 is 0 Å². The Hall–Kier alpha value is 0.0600. The second-order valence-electron chi connectivity index (χ2n) is 3.92. The van der Waals surface area contributed by atoms with Crippen LogP contribution in [0.15, 0.2) is 41.5 Å². The van der Waals surface area contributed by atoms with Gasteiger partial charge in [-0.3, -0.25) is 0 Å². The molecule has 0 saturated heterocycles. The van der Waals surface area contributed by atoms with Gasteiger partial charge in [0.05, 0.1) is 0 Å². The predicted molar refractivity (Wildman–Crippen MR) is 70.1 cm³/mol. The van der Waals surface area contributed by atoms with Gasteiger partial charge in [-0.25, -0.2) is 0 Å². The Labute approximate surface area is 118 Å². The molecule has 0 atom stereocenters. The van der Waals surface area contributed by atoms with Gasteiger partial charge in [0.25, 0.3) is 0 Å². The van der Waals surface area contributed by atoms with E-state index in [0.29, 0.717) is 0 Å². The fourth-order valence-electron chi connectivity index (χ4n) is 1.56. The zero-order valence-electron chi connectivity index (χ0n) is 10.6. The Morgan fingerprint density at radius 2 is 1.94 bits per heavy atom. The Morgan fingerprint density at radius 3 is 2.31 bits per heavy atom. The quantitative estimate of drug-likeness (QED) is 0.512. The molecule has 0 bridgehead atoms. The summed E-state index contributed by atoms with van der Waals surface area (Å²) in [4.78, 5) is 0. The predicted octanol–water partition coefficient (Wildman–Crippen LogP) is 3.72. The van der Waals surface area contributed by atoms with Crippen molar-refractivity contribution in [3.63, 3.8) is 0 Å². The maximum absolute atomic E-state index is 3.47. The summed E-state index contributed by atoms with van der Waals surface area (Å²) in [6, 6.07) is 0. The van der Waals surface area contributed by atoms with Crippen LogP contribution in [0.1, 0.15) is 20.3 Å². The maximum atomic E-state index is 3.47. The van der Waals surface area contributed by atoms with E-state index in [1.165, 1.54) is 34.5 Å². The van der Waals surface area contributed by atoms with Gasteiger partial charge >= 0.3 is 30.2 Å². The van der Waals surface area contributed by atoms with Crippen molar-refractivity contribution in [3.05, 3.63) is 62.5 Å². The number of hydrogen-bond donors (Lipinski definition) is 0. The third-order valence-electron chi connectivity index (χ3n) is 2.24. The normalized spacial score (nSPS) is 18.6. The topological polar surface area (TPSA) is 0 Å². The van der Waals surface area contributed by atoms with E-state index in [1.807, 2.05) is 0 Å². The van der Waals surface area contributed by atoms with Crippen LogP contribution in [-0.4, -0.2) is 6.88 Å². The fraction of sp³-hybridized carbons (Fsp3) is 0.286. The zero-order chi connectivity index (χ0) is 10.6. The average molecular weight is 307 g/mol. The van der Waals surface area contributed by atoms with E-state index in [2.05, 4.69) is 57.2 Å². The van der Waals surface area contributed by atoms with E-state index < -0.39 is 0 Å². The van der Waals surface area contributed by atoms with Crippen LogP contribution < -0.4 is 0 Å². The Bertz CT molecular complexity index is 333. The number of hydrogen-bond acceptors (Lipinski definition) is 0. The summed E-state index contributed by atoms with van der Waals surface area (Å²) in [6.07, 6.45) is 15.4. The van der Waals surface area contributed by atoms with Crippen molar-refractivity contribution in [3.8, 4) is 0 Å². The molecule has 0 aromatic heterocycles. The molecular formula is C14H19SiZr-3. The molecule has 2 heteroatoms. The van der Waals surface area contributed by atoms with Gasteiger partial charge in [-0.2, -0.15) is 17.7 Å². The minimum absolute atomic E-state index is 0. The Kier molecular flexibility index (Phi) is 9.44. The van der Waals surface area contributed by atoms with Crippen molar-refractivity contribution >= 4 is 6.88 Å². The van der Waals surface area contributed by atoms with Gasteiger partial charge in [0.2, 0.25) is 0 Å². The van der Waals surface area contributed by atoms with Gasteiger partial charge in [-0.05, 0) is 0 Å².